The topological polar surface area (TPSA) is 54.5 Å². The molecule has 0 unspecified atom stereocenters. The first kappa shape index (κ1) is 16.2. The van der Waals surface area contributed by atoms with Crippen molar-refractivity contribution < 1.29 is 13.2 Å². The van der Waals surface area contributed by atoms with Crippen LogP contribution in [0.1, 0.15) is 15.2 Å². The van der Waals surface area contributed by atoms with E-state index >= 15 is 0 Å². The van der Waals surface area contributed by atoms with E-state index in [0.29, 0.717) is 12.1 Å². The zero-order valence-electron chi connectivity index (χ0n) is 11.5. The van der Waals surface area contributed by atoms with Crippen LogP contribution < -0.4 is 0 Å². The van der Waals surface area contributed by atoms with Crippen molar-refractivity contribution in [1.82, 2.24) is 4.90 Å². The molecule has 0 bridgehead atoms. The van der Waals surface area contributed by atoms with Gasteiger partial charge in [-0.15, -0.1) is 11.3 Å². The van der Waals surface area contributed by atoms with Crippen molar-refractivity contribution in [3.8, 4) is 0 Å². The number of benzene rings is 1. The predicted molar refractivity (Wildman–Crippen MR) is 87.4 cm³/mol. The number of carbonyl (C=O) groups is 1. The fourth-order valence-electron chi connectivity index (χ4n) is 1.82. The highest BCUT2D eigenvalue weighted by Crippen LogP contribution is 2.21. The Bertz CT molecular complexity index is 768. The molecule has 0 radical (unpaired) electrons. The molecule has 4 nitrogen and oxygen atoms in total. The summed E-state index contributed by atoms with van der Waals surface area (Å²) in [5.74, 6) is -0.204. The Balaban J connectivity index is 2.19. The third-order valence-corrected chi connectivity index (χ3v) is 5.66. The van der Waals surface area contributed by atoms with E-state index in [1.54, 1.807) is 35.4 Å². The molecular formula is C14H14BrNO3S2. The third-order valence-electron chi connectivity index (χ3n) is 2.87. The van der Waals surface area contributed by atoms with Gasteiger partial charge in [0.25, 0.3) is 5.91 Å². The van der Waals surface area contributed by atoms with E-state index in [9.17, 15) is 13.2 Å². The molecule has 1 amide bonds. The Morgan fingerprint density at radius 1 is 1.33 bits per heavy atom. The summed E-state index contributed by atoms with van der Waals surface area (Å²) in [5.41, 5.74) is 0.371. The summed E-state index contributed by atoms with van der Waals surface area (Å²) in [6.45, 7) is 0.484. The second-order valence-corrected chi connectivity index (χ2v) is 8.62. The Morgan fingerprint density at radius 2 is 2.05 bits per heavy atom. The van der Waals surface area contributed by atoms with E-state index < -0.39 is 9.84 Å². The molecule has 2 aromatic rings. The van der Waals surface area contributed by atoms with Crippen LogP contribution in [0, 0.1) is 0 Å². The second kappa shape index (κ2) is 6.29. The van der Waals surface area contributed by atoms with Gasteiger partial charge < -0.3 is 4.90 Å². The van der Waals surface area contributed by atoms with Gasteiger partial charge in [-0.3, -0.25) is 4.79 Å². The van der Waals surface area contributed by atoms with Crippen molar-refractivity contribution in [1.29, 1.82) is 0 Å². The third kappa shape index (κ3) is 4.15. The zero-order valence-corrected chi connectivity index (χ0v) is 14.8. The minimum atomic E-state index is -3.31. The number of hydrogen-bond acceptors (Lipinski definition) is 4. The average molecular weight is 388 g/mol. The number of halogens is 1. The minimum absolute atomic E-state index is 0.153. The lowest BCUT2D eigenvalue weighted by Gasteiger charge is -2.16. The van der Waals surface area contributed by atoms with Crippen LogP contribution in [0.4, 0.5) is 0 Å². The Kier molecular flexibility index (Phi) is 4.85. The maximum atomic E-state index is 12.4. The number of sulfone groups is 1. The van der Waals surface area contributed by atoms with Crippen molar-refractivity contribution in [3.63, 3.8) is 0 Å². The van der Waals surface area contributed by atoms with Gasteiger partial charge in [0.05, 0.1) is 11.4 Å². The molecule has 0 aliphatic rings. The van der Waals surface area contributed by atoms with E-state index in [2.05, 4.69) is 15.9 Å². The lowest BCUT2D eigenvalue weighted by molar-refractivity contribution is 0.0786. The van der Waals surface area contributed by atoms with Gasteiger partial charge in [-0.2, -0.15) is 0 Å². The number of carbonyl (C=O) groups excluding carboxylic acids is 1. The maximum Gasteiger partial charge on any atom is 0.253 e. The fraction of sp³-hybridized carbons (Fsp3) is 0.214. The summed E-state index contributed by atoms with van der Waals surface area (Å²) in [4.78, 5) is 15.1. The molecule has 7 heteroatoms. The van der Waals surface area contributed by atoms with Gasteiger partial charge >= 0.3 is 0 Å². The highest BCUT2D eigenvalue weighted by Gasteiger charge is 2.15. The standard InChI is InChI=1S/C14H14BrNO3S2/c1-16(8-12-7-11(15)9-20-12)14(17)10-4-3-5-13(6-10)21(2,18)19/h3-7,9H,8H2,1-2H3. The van der Waals surface area contributed by atoms with Crippen LogP contribution in [0.2, 0.25) is 0 Å². The first-order valence-corrected chi connectivity index (χ1v) is 9.62. The van der Waals surface area contributed by atoms with Gasteiger partial charge in [-0.25, -0.2) is 8.42 Å². The molecule has 112 valence electrons. The summed E-state index contributed by atoms with van der Waals surface area (Å²) in [7, 11) is -1.62. The van der Waals surface area contributed by atoms with Crippen molar-refractivity contribution >= 4 is 43.0 Å². The molecule has 0 saturated carbocycles. The van der Waals surface area contributed by atoms with E-state index in [-0.39, 0.29) is 10.8 Å². The molecule has 0 aliphatic carbocycles. The van der Waals surface area contributed by atoms with Crippen LogP contribution in [0.5, 0.6) is 0 Å². The number of thiophene rings is 1. The molecule has 0 N–H and O–H groups in total. The number of rotatable bonds is 4. The van der Waals surface area contributed by atoms with Gasteiger partial charge in [0.1, 0.15) is 0 Å². The van der Waals surface area contributed by atoms with Crippen molar-refractivity contribution in [3.05, 3.63) is 50.6 Å². The van der Waals surface area contributed by atoms with Gasteiger partial charge in [-0.05, 0) is 40.2 Å². The molecule has 1 heterocycles. The normalized spacial score (nSPS) is 11.4. The molecule has 0 fully saturated rings. The lowest BCUT2D eigenvalue weighted by Crippen LogP contribution is -2.25. The van der Waals surface area contributed by atoms with Crippen molar-refractivity contribution in [2.75, 3.05) is 13.3 Å². The van der Waals surface area contributed by atoms with Crippen LogP contribution in [0.25, 0.3) is 0 Å². The molecule has 0 saturated heterocycles. The van der Waals surface area contributed by atoms with Crippen LogP contribution in [0.15, 0.2) is 45.1 Å². The van der Waals surface area contributed by atoms with E-state index in [4.69, 9.17) is 0 Å². The van der Waals surface area contributed by atoms with E-state index in [0.717, 1.165) is 15.6 Å². The van der Waals surface area contributed by atoms with Gasteiger partial charge in [0.2, 0.25) is 0 Å². The first-order chi connectivity index (χ1) is 9.77. The monoisotopic (exact) mass is 387 g/mol. The lowest BCUT2D eigenvalue weighted by atomic mass is 10.2. The summed E-state index contributed by atoms with van der Waals surface area (Å²) in [5, 5.41) is 1.96. The molecule has 2 rings (SSSR count). The van der Waals surface area contributed by atoms with Crippen LogP contribution in [0.3, 0.4) is 0 Å². The molecule has 1 aromatic heterocycles. The molecule has 0 aliphatic heterocycles. The molecule has 0 spiro atoms. The van der Waals surface area contributed by atoms with Gasteiger partial charge in [-0.1, -0.05) is 6.07 Å². The fourth-order valence-corrected chi connectivity index (χ4v) is 3.99. The summed E-state index contributed by atoms with van der Waals surface area (Å²) in [6.07, 6.45) is 1.13. The summed E-state index contributed by atoms with van der Waals surface area (Å²) < 4.78 is 24.1. The number of hydrogen-bond donors (Lipinski definition) is 0. The molecular weight excluding hydrogens is 374 g/mol. The molecule has 21 heavy (non-hydrogen) atoms. The molecule has 1 aromatic carbocycles. The van der Waals surface area contributed by atoms with Crippen molar-refractivity contribution in [2.24, 2.45) is 0 Å². The first-order valence-electron chi connectivity index (χ1n) is 6.06. The van der Waals surface area contributed by atoms with E-state index in [1.807, 2.05) is 11.4 Å². The van der Waals surface area contributed by atoms with Gasteiger partial charge in [0, 0.05) is 33.6 Å². The van der Waals surface area contributed by atoms with E-state index in [1.165, 1.54) is 12.1 Å². The Hall–Kier alpha value is -1.18. The largest absolute Gasteiger partial charge is 0.337 e. The summed E-state index contributed by atoms with van der Waals surface area (Å²) >= 11 is 4.94. The summed E-state index contributed by atoms with van der Waals surface area (Å²) in [6, 6.07) is 8.07. The second-order valence-electron chi connectivity index (χ2n) is 4.69. The maximum absolute atomic E-state index is 12.4. The van der Waals surface area contributed by atoms with Crippen LogP contribution >= 0.6 is 27.3 Å². The highest BCUT2D eigenvalue weighted by molar-refractivity contribution is 9.10. The minimum Gasteiger partial charge on any atom is -0.337 e. The Labute approximate surface area is 136 Å². The van der Waals surface area contributed by atoms with Crippen LogP contribution in [-0.4, -0.2) is 32.5 Å². The van der Waals surface area contributed by atoms with Gasteiger partial charge in [0.15, 0.2) is 9.84 Å². The quantitative estimate of drug-likeness (QED) is 0.809. The average Bonchev–Trinajstić information content (AvgIpc) is 2.82. The zero-order chi connectivity index (χ0) is 15.6. The number of amides is 1. The SMILES string of the molecule is CN(Cc1cc(Br)cs1)C(=O)c1cccc(S(C)(=O)=O)c1. The predicted octanol–water partition coefficient (Wildman–Crippen LogP) is 3.19. The smallest absolute Gasteiger partial charge is 0.253 e. The van der Waals surface area contributed by atoms with Crippen LogP contribution in [-0.2, 0) is 16.4 Å². The Morgan fingerprint density at radius 3 is 2.62 bits per heavy atom. The van der Waals surface area contributed by atoms with Crippen molar-refractivity contribution in [2.45, 2.75) is 11.4 Å². The number of nitrogens with zero attached hydrogens (tertiary/aromatic N) is 1. The highest BCUT2D eigenvalue weighted by atomic mass is 79.9. The molecule has 0 atom stereocenters.